The van der Waals surface area contributed by atoms with E-state index in [0.29, 0.717) is 18.2 Å². The highest BCUT2D eigenvalue weighted by molar-refractivity contribution is 5.94. The lowest BCUT2D eigenvalue weighted by Gasteiger charge is -2.41. The zero-order valence-electron chi connectivity index (χ0n) is 13.7. The van der Waals surface area contributed by atoms with E-state index in [2.05, 4.69) is 14.8 Å². The molecule has 126 valence electrons. The van der Waals surface area contributed by atoms with Gasteiger partial charge in [-0.25, -0.2) is 9.78 Å². The van der Waals surface area contributed by atoms with Crippen molar-refractivity contribution in [3.63, 3.8) is 0 Å². The Labute approximate surface area is 137 Å². The molecule has 1 atom stereocenters. The van der Waals surface area contributed by atoms with Crippen LogP contribution in [0.4, 0.5) is 5.82 Å². The SMILES string of the molecule is CCOC(=O)c1cccnc1N1CCC[C@@H](N2CCOCC2)C1. The molecule has 0 radical (unpaired) electrons. The highest BCUT2D eigenvalue weighted by atomic mass is 16.5. The number of hydrogen-bond donors (Lipinski definition) is 0. The van der Waals surface area contributed by atoms with Crippen molar-refractivity contribution in [2.24, 2.45) is 0 Å². The van der Waals surface area contributed by atoms with Gasteiger partial charge in [0.1, 0.15) is 11.4 Å². The van der Waals surface area contributed by atoms with Crippen LogP contribution >= 0.6 is 0 Å². The zero-order valence-corrected chi connectivity index (χ0v) is 13.7. The molecule has 6 heteroatoms. The van der Waals surface area contributed by atoms with Crippen molar-refractivity contribution >= 4 is 11.8 Å². The Balaban J connectivity index is 1.74. The van der Waals surface area contributed by atoms with E-state index in [-0.39, 0.29) is 5.97 Å². The summed E-state index contributed by atoms with van der Waals surface area (Å²) < 4.78 is 10.6. The van der Waals surface area contributed by atoms with E-state index >= 15 is 0 Å². The molecular weight excluding hydrogens is 294 g/mol. The third-order valence-corrected chi connectivity index (χ3v) is 4.54. The fourth-order valence-electron chi connectivity index (χ4n) is 3.40. The largest absolute Gasteiger partial charge is 0.462 e. The number of nitrogens with zero attached hydrogens (tertiary/aromatic N) is 3. The van der Waals surface area contributed by atoms with E-state index < -0.39 is 0 Å². The molecule has 0 spiro atoms. The summed E-state index contributed by atoms with van der Waals surface area (Å²) in [6.07, 6.45) is 4.05. The molecule has 0 aliphatic carbocycles. The maximum atomic E-state index is 12.2. The van der Waals surface area contributed by atoms with E-state index in [1.54, 1.807) is 18.3 Å². The smallest absolute Gasteiger partial charge is 0.341 e. The molecular formula is C17H25N3O3. The summed E-state index contributed by atoms with van der Waals surface area (Å²) >= 11 is 0. The molecule has 2 saturated heterocycles. The van der Waals surface area contributed by atoms with Gasteiger partial charge in [-0.05, 0) is 31.9 Å². The molecule has 0 bridgehead atoms. The van der Waals surface area contributed by atoms with Crippen LogP contribution in [0.2, 0.25) is 0 Å². The number of ether oxygens (including phenoxy) is 2. The first kappa shape index (κ1) is 16.2. The molecule has 0 unspecified atom stereocenters. The maximum absolute atomic E-state index is 12.2. The monoisotopic (exact) mass is 319 g/mol. The lowest BCUT2D eigenvalue weighted by molar-refractivity contribution is 0.0136. The van der Waals surface area contributed by atoms with Crippen molar-refractivity contribution in [1.29, 1.82) is 0 Å². The number of anilines is 1. The maximum Gasteiger partial charge on any atom is 0.341 e. The van der Waals surface area contributed by atoms with Crippen LogP contribution in [0.15, 0.2) is 18.3 Å². The molecule has 1 aromatic rings. The van der Waals surface area contributed by atoms with Gasteiger partial charge in [-0.3, -0.25) is 4.90 Å². The molecule has 0 amide bonds. The van der Waals surface area contributed by atoms with Crippen LogP contribution in [0.25, 0.3) is 0 Å². The van der Waals surface area contributed by atoms with Crippen molar-refractivity contribution in [2.45, 2.75) is 25.8 Å². The molecule has 1 aromatic heterocycles. The number of esters is 1. The van der Waals surface area contributed by atoms with E-state index in [4.69, 9.17) is 9.47 Å². The van der Waals surface area contributed by atoms with Gasteiger partial charge in [-0.1, -0.05) is 0 Å². The molecule has 0 aromatic carbocycles. The van der Waals surface area contributed by atoms with E-state index in [1.165, 1.54) is 6.42 Å². The average molecular weight is 319 g/mol. The molecule has 3 rings (SSSR count). The molecule has 6 nitrogen and oxygen atoms in total. The van der Waals surface area contributed by atoms with Crippen molar-refractivity contribution in [3.8, 4) is 0 Å². The third-order valence-electron chi connectivity index (χ3n) is 4.54. The molecule has 3 heterocycles. The number of hydrogen-bond acceptors (Lipinski definition) is 6. The summed E-state index contributed by atoms with van der Waals surface area (Å²) in [5, 5.41) is 0. The summed E-state index contributed by atoms with van der Waals surface area (Å²) in [6.45, 7) is 7.65. The number of rotatable bonds is 4. The van der Waals surface area contributed by atoms with Gasteiger partial charge >= 0.3 is 5.97 Å². The van der Waals surface area contributed by atoms with Crippen LogP contribution in [-0.4, -0.2) is 67.9 Å². The Bertz CT molecular complexity index is 532. The fraction of sp³-hybridized carbons (Fsp3) is 0.647. The van der Waals surface area contributed by atoms with Crippen molar-refractivity contribution in [2.75, 3.05) is 50.9 Å². The minimum Gasteiger partial charge on any atom is -0.462 e. The second kappa shape index (κ2) is 7.75. The highest BCUT2D eigenvalue weighted by Gasteiger charge is 2.29. The predicted octanol–water partition coefficient (Wildman–Crippen LogP) is 1.56. The first-order chi connectivity index (χ1) is 11.3. The summed E-state index contributed by atoms with van der Waals surface area (Å²) in [6, 6.07) is 4.10. The molecule has 0 N–H and O–H groups in total. The van der Waals surface area contributed by atoms with Gasteiger partial charge in [0.2, 0.25) is 0 Å². The Morgan fingerprint density at radius 1 is 1.39 bits per heavy atom. The normalized spacial score (nSPS) is 22.8. The van der Waals surface area contributed by atoms with Crippen LogP contribution in [0.5, 0.6) is 0 Å². The van der Waals surface area contributed by atoms with Gasteiger partial charge in [-0.2, -0.15) is 0 Å². The van der Waals surface area contributed by atoms with Gasteiger partial charge < -0.3 is 14.4 Å². The third kappa shape index (κ3) is 3.82. The Kier molecular flexibility index (Phi) is 5.46. The highest BCUT2D eigenvalue weighted by Crippen LogP contribution is 2.25. The van der Waals surface area contributed by atoms with Gasteiger partial charge in [0.05, 0.1) is 19.8 Å². The van der Waals surface area contributed by atoms with Crippen molar-refractivity contribution in [3.05, 3.63) is 23.9 Å². The molecule has 0 saturated carbocycles. The minimum absolute atomic E-state index is 0.288. The van der Waals surface area contributed by atoms with Crippen molar-refractivity contribution < 1.29 is 14.3 Å². The second-order valence-corrected chi connectivity index (χ2v) is 5.99. The van der Waals surface area contributed by atoms with E-state index in [1.807, 2.05) is 6.92 Å². The number of pyridine rings is 1. The lowest BCUT2D eigenvalue weighted by Crippen LogP contribution is -2.52. The minimum atomic E-state index is -0.288. The Hall–Kier alpha value is -1.66. The molecule has 2 aliphatic rings. The van der Waals surface area contributed by atoms with Gasteiger partial charge in [0, 0.05) is 38.4 Å². The Morgan fingerprint density at radius 2 is 2.22 bits per heavy atom. The second-order valence-electron chi connectivity index (χ2n) is 5.99. The van der Waals surface area contributed by atoms with Crippen LogP contribution in [-0.2, 0) is 9.47 Å². The number of carbonyl (C=O) groups is 1. The predicted molar refractivity (Wildman–Crippen MR) is 87.8 cm³/mol. The first-order valence-electron chi connectivity index (χ1n) is 8.48. The summed E-state index contributed by atoms with van der Waals surface area (Å²) in [4.78, 5) is 21.4. The number of carbonyl (C=O) groups excluding carboxylic acids is 1. The zero-order chi connectivity index (χ0) is 16.1. The van der Waals surface area contributed by atoms with Crippen LogP contribution in [0, 0.1) is 0 Å². The quantitative estimate of drug-likeness (QED) is 0.785. The summed E-state index contributed by atoms with van der Waals surface area (Å²) in [5.74, 6) is 0.466. The van der Waals surface area contributed by atoms with Crippen LogP contribution in [0.3, 0.4) is 0 Å². The summed E-state index contributed by atoms with van der Waals surface area (Å²) in [7, 11) is 0. The van der Waals surface area contributed by atoms with Crippen LogP contribution in [0.1, 0.15) is 30.1 Å². The fourth-order valence-corrected chi connectivity index (χ4v) is 3.40. The van der Waals surface area contributed by atoms with Crippen molar-refractivity contribution in [1.82, 2.24) is 9.88 Å². The Morgan fingerprint density at radius 3 is 3.00 bits per heavy atom. The number of piperidine rings is 1. The van der Waals surface area contributed by atoms with Gasteiger partial charge in [0.15, 0.2) is 0 Å². The standard InChI is InChI=1S/C17H25N3O3/c1-2-23-17(21)15-6-3-7-18-16(15)20-8-4-5-14(13-20)19-9-11-22-12-10-19/h3,6-7,14H,2,4-5,8-13H2,1H3/t14-/m1/s1. The first-order valence-corrected chi connectivity index (χ1v) is 8.48. The summed E-state index contributed by atoms with van der Waals surface area (Å²) in [5.41, 5.74) is 0.567. The number of aromatic nitrogens is 1. The molecule has 2 fully saturated rings. The van der Waals surface area contributed by atoms with Crippen LogP contribution < -0.4 is 4.90 Å². The average Bonchev–Trinajstić information content (AvgIpc) is 2.63. The lowest BCUT2D eigenvalue weighted by atomic mass is 10.0. The molecule has 23 heavy (non-hydrogen) atoms. The topological polar surface area (TPSA) is 54.9 Å². The van der Waals surface area contributed by atoms with E-state index in [9.17, 15) is 4.79 Å². The number of morpholine rings is 1. The van der Waals surface area contributed by atoms with Gasteiger partial charge in [0.25, 0.3) is 0 Å². The van der Waals surface area contributed by atoms with E-state index in [0.717, 1.165) is 51.6 Å². The van der Waals surface area contributed by atoms with Gasteiger partial charge in [-0.15, -0.1) is 0 Å². The molecule has 2 aliphatic heterocycles.